The quantitative estimate of drug-likeness (QED) is 0.458. The number of hydrogen-bond acceptors (Lipinski definition) is 5. The van der Waals surface area contributed by atoms with Crippen LogP contribution >= 0.6 is 12.2 Å². The molecule has 0 unspecified atom stereocenters. The van der Waals surface area contributed by atoms with E-state index < -0.39 is 0 Å². The predicted molar refractivity (Wildman–Crippen MR) is 113 cm³/mol. The van der Waals surface area contributed by atoms with Crippen LogP contribution in [0.2, 0.25) is 0 Å². The SMILES string of the molecule is CCCCC(=O)Nc1ccc(NC(=S)NC(=O)/C=C/c2ccco2)cc1OC. The summed E-state index contributed by atoms with van der Waals surface area (Å²) in [6.07, 6.45) is 6.62. The van der Waals surface area contributed by atoms with Crippen LogP contribution in [0.1, 0.15) is 31.9 Å². The second-order valence-corrected chi connectivity index (χ2v) is 6.27. The second-order valence-electron chi connectivity index (χ2n) is 5.86. The van der Waals surface area contributed by atoms with E-state index in [1.54, 1.807) is 30.3 Å². The zero-order chi connectivity index (χ0) is 20.4. The molecule has 1 heterocycles. The van der Waals surface area contributed by atoms with Crippen LogP contribution in [-0.2, 0) is 9.59 Å². The highest BCUT2D eigenvalue weighted by Crippen LogP contribution is 2.28. The number of rotatable bonds is 8. The standard InChI is InChI=1S/C20H23N3O4S/c1-3-4-7-18(24)22-16-10-8-14(13-17(16)26-2)21-20(28)23-19(25)11-9-15-6-5-12-27-15/h5-6,8-13H,3-4,7H2,1-2H3,(H,22,24)(H2,21,23,25,28)/b11-9+. The zero-order valence-corrected chi connectivity index (χ0v) is 16.6. The summed E-state index contributed by atoms with van der Waals surface area (Å²) >= 11 is 5.15. The summed E-state index contributed by atoms with van der Waals surface area (Å²) in [6, 6.07) is 8.59. The van der Waals surface area contributed by atoms with Crippen molar-refractivity contribution in [2.24, 2.45) is 0 Å². The van der Waals surface area contributed by atoms with E-state index in [0.29, 0.717) is 29.3 Å². The van der Waals surface area contributed by atoms with Gasteiger partial charge < -0.3 is 19.8 Å². The van der Waals surface area contributed by atoms with E-state index in [1.807, 2.05) is 6.92 Å². The van der Waals surface area contributed by atoms with Crippen LogP contribution < -0.4 is 20.7 Å². The Morgan fingerprint density at radius 1 is 1.25 bits per heavy atom. The molecule has 0 fully saturated rings. The number of carbonyl (C=O) groups excluding carboxylic acids is 2. The molecule has 0 radical (unpaired) electrons. The Morgan fingerprint density at radius 3 is 2.75 bits per heavy atom. The largest absolute Gasteiger partial charge is 0.494 e. The lowest BCUT2D eigenvalue weighted by atomic mass is 10.2. The highest BCUT2D eigenvalue weighted by atomic mass is 32.1. The average Bonchev–Trinajstić information content (AvgIpc) is 3.19. The molecule has 0 saturated heterocycles. The van der Waals surface area contributed by atoms with Crippen molar-refractivity contribution in [3.8, 4) is 5.75 Å². The predicted octanol–water partition coefficient (Wildman–Crippen LogP) is 3.94. The molecule has 7 nitrogen and oxygen atoms in total. The molecular weight excluding hydrogens is 378 g/mol. The lowest BCUT2D eigenvalue weighted by Crippen LogP contribution is -2.32. The van der Waals surface area contributed by atoms with Crippen LogP contribution in [0.3, 0.4) is 0 Å². The molecule has 8 heteroatoms. The van der Waals surface area contributed by atoms with Crippen molar-refractivity contribution in [2.45, 2.75) is 26.2 Å². The van der Waals surface area contributed by atoms with Crippen molar-refractivity contribution < 1.29 is 18.7 Å². The molecule has 0 aliphatic heterocycles. The topological polar surface area (TPSA) is 92.6 Å². The number of ether oxygens (including phenoxy) is 1. The van der Waals surface area contributed by atoms with Gasteiger partial charge in [0.25, 0.3) is 0 Å². The average molecular weight is 401 g/mol. The molecule has 3 N–H and O–H groups in total. The van der Waals surface area contributed by atoms with Gasteiger partial charge in [-0.25, -0.2) is 0 Å². The number of unbranched alkanes of at least 4 members (excludes halogenated alkanes) is 1. The Labute approximate surface area is 169 Å². The van der Waals surface area contributed by atoms with Gasteiger partial charge in [0.2, 0.25) is 11.8 Å². The van der Waals surface area contributed by atoms with Gasteiger partial charge in [-0.05, 0) is 49.0 Å². The number of carbonyl (C=O) groups is 2. The fourth-order valence-corrected chi connectivity index (χ4v) is 2.50. The zero-order valence-electron chi connectivity index (χ0n) is 15.8. The maximum atomic E-state index is 11.9. The highest BCUT2D eigenvalue weighted by molar-refractivity contribution is 7.80. The normalized spacial score (nSPS) is 10.5. The van der Waals surface area contributed by atoms with Crippen LogP contribution in [0.15, 0.2) is 47.1 Å². The molecule has 2 rings (SSSR count). The van der Waals surface area contributed by atoms with Crippen LogP contribution in [-0.4, -0.2) is 24.0 Å². The van der Waals surface area contributed by atoms with Gasteiger partial charge >= 0.3 is 0 Å². The minimum atomic E-state index is -0.388. The molecule has 2 aromatic rings. The fourth-order valence-electron chi connectivity index (χ4n) is 2.28. The summed E-state index contributed by atoms with van der Waals surface area (Å²) < 4.78 is 10.4. The number of amides is 2. The van der Waals surface area contributed by atoms with Crippen LogP contribution in [0.4, 0.5) is 11.4 Å². The van der Waals surface area contributed by atoms with Crippen molar-refractivity contribution in [1.82, 2.24) is 5.32 Å². The minimum Gasteiger partial charge on any atom is -0.494 e. The minimum absolute atomic E-state index is 0.0630. The fraction of sp³-hybridized carbons (Fsp3) is 0.250. The maximum Gasteiger partial charge on any atom is 0.250 e. The summed E-state index contributed by atoms with van der Waals surface area (Å²) in [5.41, 5.74) is 1.19. The van der Waals surface area contributed by atoms with E-state index in [9.17, 15) is 9.59 Å². The third kappa shape index (κ3) is 6.88. The van der Waals surface area contributed by atoms with Gasteiger partial charge in [-0.2, -0.15) is 0 Å². The van der Waals surface area contributed by atoms with E-state index in [0.717, 1.165) is 12.8 Å². The van der Waals surface area contributed by atoms with Crippen LogP contribution in [0, 0.1) is 0 Å². The van der Waals surface area contributed by atoms with Gasteiger partial charge in [-0.3, -0.25) is 14.9 Å². The lowest BCUT2D eigenvalue weighted by molar-refractivity contribution is -0.116. The Balaban J connectivity index is 1.93. The van der Waals surface area contributed by atoms with Crippen molar-refractivity contribution >= 4 is 46.6 Å². The molecule has 0 aliphatic carbocycles. The van der Waals surface area contributed by atoms with E-state index >= 15 is 0 Å². The number of benzene rings is 1. The number of anilines is 2. The second kappa shape index (κ2) is 10.9. The van der Waals surface area contributed by atoms with Gasteiger partial charge in [0, 0.05) is 24.3 Å². The summed E-state index contributed by atoms with van der Waals surface area (Å²) in [6.45, 7) is 2.03. The molecular formula is C20H23N3O4S. The van der Waals surface area contributed by atoms with Gasteiger partial charge in [0.05, 0.1) is 19.1 Å². The molecule has 0 bridgehead atoms. The van der Waals surface area contributed by atoms with Crippen molar-refractivity contribution in [3.63, 3.8) is 0 Å². The lowest BCUT2D eigenvalue weighted by Gasteiger charge is -2.13. The molecule has 1 aromatic carbocycles. The summed E-state index contributed by atoms with van der Waals surface area (Å²) in [7, 11) is 1.51. The smallest absolute Gasteiger partial charge is 0.250 e. The van der Waals surface area contributed by atoms with Crippen molar-refractivity contribution in [3.05, 3.63) is 48.4 Å². The van der Waals surface area contributed by atoms with Gasteiger partial charge in [-0.1, -0.05) is 13.3 Å². The molecule has 0 aliphatic rings. The first kappa shape index (κ1) is 21.2. The number of furan rings is 1. The molecule has 2 amide bonds. The van der Waals surface area contributed by atoms with Gasteiger partial charge in [0.1, 0.15) is 11.5 Å². The number of thiocarbonyl (C=S) groups is 1. The summed E-state index contributed by atoms with van der Waals surface area (Å²) in [4.78, 5) is 23.8. The Kier molecular flexibility index (Phi) is 8.23. The van der Waals surface area contributed by atoms with Gasteiger partial charge in [0.15, 0.2) is 5.11 Å². The maximum absolute atomic E-state index is 11.9. The van der Waals surface area contributed by atoms with E-state index in [2.05, 4.69) is 16.0 Å². The molecule has 1 aromatic heterocycles. The number of hydrogen-bond donors (Lipinski definition) is 3. The van der Waals surface area contributed by atoms with E-state index in [1.165, 1.54) is 25.5 Å². The summed E-state index contributed by atoms with van der Waals surface area (Å²) in [5, 5.41) is 8.41. The Bertz CT molecular complexity index is 847. The van der Waals surface area contributed by atoms with Crippen LogP contribution in [0.5, 0.6) is 5.75 Å². The third-order valence-electron chi connectivity index (χ3n) is 3.67. The van der Waals surface area contributed by atoms with Crippen molar-refractivity contribution in [1.29, 1.82) is 0 Å². The van der Waals surface area contributed by atoms with Crippen LogP contribution in [0.25, 0.3) is 6.08 Å². The third-order valence-corrected chi connectivity index (χ3v) is 3.87. The highest BCUT2D eigenvalue weighted by Gasteiger charge is 2.09. The molecule has 28 heavy (non-hydrogen) atoms. The molecule has 0 spiro atoms. The molecule has 148 valence electrons. The summed E-state index contributed by atoms with van der Waals surface area (Å²) in [5.74, 6) is 0.602. The number of methoxy groups -OCH3 is 1. The monoisotopic (exact) mass is 401 g/mol. The number of nitrogens with one attached hydrogen (secondary N) is 3. The Hall–Kier alpha value is -3.13. The van der Waals surface area contributed by atoms with E-state index in [4.69, 9.17) is 21.4 Å². The first-order valence-corrected chi connectivity index (χ1v) is 9.24. The first-order chi connectivity index (χ1) is 13.5. The molecule has 0 atom stereocenters. The first-order valence-electron chi connectivity index (χ1n) is 8.83. The molecule has 0 saturated carbocycles. The van der Waals surface area contributed by atoms with Crippen molar-refractivity contribution in [2.75, 3.05) is 17.7 Å². The Morgan fingerprint density at radius 2 is 2.07 bits per heavy atom. The van der Waals surface area contributed by atoms with E-state index in [-0.39, 0.29) is 16.9 Å². The van der Waals surface area contributed by atoms with Gasteiger partial charge in [-0.15, -0.1) is 0 Å².